The van der Waals surface area contributed by atoms with Crippen LogP contribution in [-0.4, -0.2) is 36.6 Å². The van der Waals surface area contributed by atoms with Gasteiger partial charge in [-0.15, -0.1) is 0 Å². The molecule has 24 heavy (non-hydrogen) atoms. The highest BCUT2D eigenvalue weighted by molar-refractivity contribution is 5.75. The number of carbonyl (C=O) groups is 1. The molecule has 2 aromatic carbocycles. The Kier molecular flexibility index (Phi) is 5.01. The van der Waals surface area contributed by atoms with E-state index in [2.05, 4.69) is 24.0 Å². The number of hydrogen-bond donors (Lipinski definition) is 1. The van der Waals surface area contributed by atoms with E-state index in [9.17, 15) is 4.79 Å². The molecule has 0 spiro atoms. The maximum atomic E-state index is 10.8. The van der Waals surface area contributed by atoms with Crippen LogP contribution in [0.3, 0.4) is 0 Å². The largest absolute Gasteiger partial charge is 0.488 e. The normalized spacial score (nSPS) is 14.9. The summed E-state index contributed by atoms with van der Waals surface area (Å²) >= 11 is 0. The zero-order chi connectivity index (χ0) is 16.9. The minimum absolute atomic E-state index is 0.0976. The number of ether oxygens (including phenoxy) is 2. The SMILES string of the molecule is Cc1cccc(OC2CN(Cc3cccc(OCC(N)=O)c3)C2)c1. The van der Waals surface area contributed by atoms with Crippen LogP contribution in [0.2, 0.25) is 0 Å². The Morgan fingerprint density at radius 3 is 2.67 bits per heavy atom. The Morgan fingerprint density at radius 1 is 1.17 bits per heavy atom. The van der Waals surface area contributed by atoms with Gasteiger partial charge in [0.05, 0.1) is 0 Å². The highest BCUT2D eigenvalue weighted by atomic mass is 16.5. The average Bonchev–Trinajstić information content (AvgIpc) is 2.51. The third-order valence-corrected chi connectivity index (χ3v) is 3.90. The summed E-state index contributed by atoms with van der Waals surface area (Å²) in [6, 6.07) is 15.9. The summed E-state index contributed by atoms with van der Waals surface area (Å²) < 4.78 is 11.3. The third-order valence-electron chi connectivity index (χ3n) is 3.90. The average molecular weight is 326 g/mol. The lowest BCUT2D eigenvalue weighted by atomic mass is 10.1. The van der Waals surface area contributed by atoms with Crippen LogP contribution in [-0.2, 0) is 11.3 Å². The molecule has 5 heteroatoms. The fraction of sp³-hybridized carbons (Fsp3) is 0.316. The maximum Gasteiger partial charge on any atom is 0.255 e. The van der Waals surface area contributed by atoms with Gasteiger partial charge < -0.3 is 15.2 Å². The lowest BCUT2D eigenvalue weighted by molar-refractivity contribution is -0.119. The molecule has 0 saturated carbocycles. The topological polar surface area (TPSA) is 64.8 Å². The summed E-state index contributed by atoms with van der Waals surface area (Å²) in [6.07, 6.45) is 0.237. The molecule has 1 fully saturated rings. The minimum Gasteiger partial charge on any atom is -0.488 e. The van der Waals surface area contributed by atoms with Gasteiger partial charge in [-0.3, -0.25) is 9.69 Å². The van der Waals surface area contributed by atoms with Crippen molar-refractivity contribution in [1.82, 2.24) is 4.90 Å². The number of nitrogens with zero attached hydrogens (tertiary/aromatic N) is 1. The number of rotatable bonds is 7. The minimum atomic E-state index is -0.473. The quantitative estimate of drug-likeness (QED) is 0.846. The lowest BCUT2D eigenvalue weighted by Gasteiger charge is -2.39. The van der Waals surface area contributed by atoms with Gasteiger partial charge in [0.25, 0.3) is 5.91 Å². The zero-order valence-electron chi connectivity index (χ0n) is 13.8. The van der Waals surface area contributed by atoms with Gasteiger partial charge in [0, 0.05) is 19.6 Å². The van der Waals surface area contributed by atoms with E-state index in [-0.39, 0.29) is 12.7 Å². The van der Waals surface area contributed by atoms with Gasteiger partial charge in [-0.1, -0.05) is 24.3 Å². The molecule has 2 aromatic rings. The molecule has 0 radical (unpaired) electrons. The summed E-state index contributed by atoms with van der Waals surface area (Å²) in [5.74, 6) is 1.13. The van der Waals surface area contributed by atoms with Crippen molar-refractivity contribution in [3.63, 3.8) is 0 Å². The molecule has 1 amide bonds. The lowest BCUT2D eigenvalue weighted by Crippen LogP contribution is -2.53. The summed E-state index contributed by atoms with van der Waals surface area (Å²) in [5.41, 5.74) is 7.44. The predicted molar refractivity (Wildman–Crippen MR) is 92.0 cm³/mol. The first-order valence-corrected chi connectivity index (χ1v) is 8.04. The second-order valence-corrected chi connectivity index (χ2v) is 6.15. The molecule has 0 bridgehead atoms. The van der Waals surface area contributed by atoms with Crippen LogP contribution >= 0.6 is 0 Å². The molecule has 0 unspecified atom stereocenters. The Bertz CT molecular complexity index is 711. The fourth-order valence-electron chi connectivity index (χ4n) is 2.75. The molecular formula is C19H22N2O3. The van der Waals surface area contributed by atoms with Gasteiger partial charge in [-0.05, 0) is 42.3 Å². The van der Waals surface area contributed by atoms with Crippen molar-refractivity contribution in [2.75, 3.05) is 19.7 Å². The van der Waals surface area contributed by atoms with Crippen molar-refractivity contribution in [1.29, 1.82) is 0 Å². The molecule has 1 heterocycles. The second kappa shape index (κ2) is 7.36. The van der Waals surface area contributed by atoms with Crippen LogP contribution in [0.25, 0.3) is 0 Å². The maximum absolute atomic E-state index is 10.8. The standard InChI is InChI=1S/C19H22N2O3/c1-14-4-2-7-17(8-14)24-18-11-21(12-18)10-15-5-3-6-16(9-15)23-13-19(20)22/h2-9,18H,10-13H2,1H3,(H2,20,22). The number of aryl methyl sites for hydroxylation is 1. The van der Waals surface area contributed by atoms with Crippen molar-refractivity contribution in [3.05, 3.63) is 59.7 Å². The first-order valence-electron chi connectivity index (χ1n) is 8.04. The summed E-state index contributed by atoms with van der Waals surface area (Å²) in [7, 11) is 0. The van der Waals surface area contributed by atoms with Crippen LogP contribution < -0.4 is 15.2 Å². The van der Waals surface area contributed by atoms with Gasteiger partial charge in [-0.2, -0.15) is 0 Å². The highest BCUT2D eigenvalue weighted by Crippen LogP contribution is 2.22. The van der Waals surface area contributed by atoms with E-state index < -0.39 is 5.91 Å². The molecule has 3 rings (SSSR count). The molecular weight excluding hydrogens is 304 g/mol. The first-order chi connectivity index (χ1) is 11.6. The van der Waals surface area contributed by atoms with Crippen LogP contribution in [0.15, 0.2) is 48.5 Å². The number of primary amides is 1. The summed E-state index contributed by atoms with van der Waals surface area (Å²) in [6.45, 7) is 4.61. The molecule has 0 aromatic heterocycles. The molecule has 2 N–H and O–H groups in total. The Labute approximate surface area is 142 Å². The van der Waals surface area contributed by atoms with Crippen molar-refractivity contribution >= 4 is 5.91 Å². The van der Waals surface area contributed by atoms with E-state index in [0.29, 0.717) is 5.75 Å². The molecule has 1 aliphatic rings. The van der Waals surface area contributed by atoms with Crippen molar-refractivity contribution in [2.24, 2.45) is 5.73 Å². The van der Waals surface area contributed by atoms with Crippen molar-refractivity contribution in [2.45, 2.75) is 19.6 Å². The predicted octanol–water partition coefficient (Wildman–Crippen LogP) is 2.12. The molecule has 5 nitrogen and oxygen atoms in total. The first kappa shape index (κ1) is 16.3. The van der Waals surface area contributed by atoms with E-state index in [4.69, 9.17) is 15.2 Å². The third kappa shape index (κ3) is 4.49. The molecule has 126 valence electrons. The monoisotopic (exact) mass is 326 g/mol. The van der Waals surface area contributed by atoms with Gasteiger partial charge in [0.2, 0.25) is 0 Å². The van der Waals surface area contributed by atoms with E-state index in [1.165, 1.54) is 5.56 Å². The van der Waals surface area contributed by atoms with Gasteiger partial charge in [-0.25, -0.2) is 0 Å². The Morgan fingerprint density at radius 2 is 1.92 bits per heavy atom. The molecule has 0 atom stereocenters. The van der Waals surface area contributed by atoms with Crippen molar-refractivity contribution < 1.29 is 14.3 Å². The number of hydrogen-bond acceptors (Lipinski definition) is 4. The summed E-state index contributed by atoms with van der Waals surface area (Å²) in [4.78, 5) is 13.1. The van der Waals surface area contributed by atoms with Crippen molar-refractivity contribution in [3.8, 4) is 11.5 Å². The Hall–Kier alpha value is -2.53. The molecule has 0 aliphatic carbocycles. The van der Waals surface area contributed by atoms with Crippen LogP contribution in [0.1, 0.15) is 11.1 Å². The van der Waals surface area contributed by atoms with E-state index in [0.717, 1.165) is 30.9 Å². The van der Waals surface area contributed by atoms with Gasteiger partial charge in [0.1, 0.15) is 17.6 Å². The number of carbonyl (C=O) groups excluding carboxylic acids is 1. The van der Waals surface area contributed by atoms with Crippen LogP contribution in [0.4, 0.5) is 0 Å². The molecule has 1 saturated heterocycles. The van der Waals surface area contributed by atoms with Crippen LogP contribution in [0, 0.1) is 6.92 Å². The van der Waals surface area contributed by atoms with Gasteiger partial charge in [0.15, 0.2) is 6.61 Å². The van der Waals surface area contributed by atoms with Crippen LogP contribution in [0.5, 0.6) is 11.5 Å². The van der Waals surface area contributed by atoms with E-state index in [1.807, 2.05) is 36.4 Å². The highest BCUT2D eigenvalue weighted by Gasteiger charge is 2.28. The Balaban J connectivity index is 1.47. The molecule has 1 aliphatic heterocycles. The number of nitrogens with two attached hydrogens (primary N) is 1. The fourth-order valence-corrected chi connectivity index (χ4v) is 2.75. The zero-order valence-corrected chi connectivity index (χ0v) is 13.8. The van der Waals surface area contributed by atoms with E-state index >= 15 is 0 Å². The smallest absolute Gasteiger partial charge is 0.255 e. The second-order valence-electron chi connectivity index (χ2n) is 6.15. The van der Waals surface area contributed by atoms with Gasteiger partial charge >= 0.3 is 0 Å². The number of amides is 1. The number of benzene rings is 2. The van der Waals surface area contributed by atoms with E-state index in [1.54, 1.807) is 0 Å². The summed E-state index contributed by atoms with van der Waals surface area (Å²) in [5, 5.41) is 0. The number of likely N-dealkylation sites (tertiary alicyclic amines) is 1.